The average Bonchev–Trinajstić information content (AvgIpc) is 2.42. The summed E-state index contributed by atoms with van der Waals surface area (Å²) in [5, 5.41) is 0. The van der Waals surface area contributed by atoms with E-state index in [2.05, 4.69) is 15.9 Å². The Bertz CT molecular complexity index is 581. The van der Waals surface area contributed by atoms with E-state index in [0.29, 0.717) is 23.7 Å². The maximum absolute atomic E-state index is 10.7. The summed E-state index contributed by atoms with van der Waals surface area (Å²) in [6.45, 7) is 2.55. The molecule has 0 saturated carbocycles. The summed E-state index contributed by atoms with van der Waals surface area (Å²) in [6, 6.07) is 12.6. The maximum atomic E-state index is 10.7. The zero-order valence-corrected chi connectivity index (χ0v) is 12.0. The number of carbonyl (C=O) groups is 1. The Kier molecular flexibility index (Phi) is 4.58. The number of hydrogen-bond acceptors (Lipinski definition) is 3. The average molecular weight is 321 g/mol. The number of halogens is 1. The van der Waals surface area contributed by atoms with Gasteiger partial charge in [-0.15, -0.1) is 0 Å². The van der Waals surface area contributed by atoms with E-state index in [1.807, 2.05) is 31.2 Å². The molecule has 3 nitrogen and oxygen atoms in total. The van der Waals surface area contributed by atoms with Crippen molar-refractivity contribution in [3.63, 3.8) is 0 Å². The molecule has 0 radical (unpaired) electrons. The van der Waals surface area contributed by atoms with Crippen LogP contribution in [0.25, 0.3) is 0 Å². The Hall–Kier alpha value is -1.81. The molecule has 0 bridgehead atoms. The number of carbonyl (C=O) groups excluding carboxylic acids is 1. The fourth-order valence-corrected chi connectivity index (χ4v) is 2.07. The van der Waals surface area contributed by atoms with Crippen LogP contribution in [0, 0.1) is 0 Å². The normalized spacial score (nSPS) is 10.0. The molecule has 0 aromatic heterocycles. The molecule has 0 spiro atoms. The van der Waals surface area contributed by atoms with Crippen molar-refractivity contribution in [1.29, 1.82) is 0 Å². The molecule has 0 heterocycles. The number of hydrogen-bond donors (Lipinski definition) is 0. The largest absolute Gasteiger partial charge is 0.494 e. The first kappa shape index (κ1) is 13.6. The van der Waals surface area contributed by atoms with E-state index in [-0.39, 0.29) is 0 Å². The molecule has 0 aliphatic carbocycles. The Morgan fingerprint density at radius 1 is 1.16 bits per heavy atom. The zero-order valence-electron chi connectivity index (χ0n) is 10.4. The lowest BCUT2D eigenvalue weighted by molar-refractivity contribution is 0.112. The Morgan fingerprint density at radius 2 is 1.95 bits per heavy atom. The van der Waals surface area contributed by atoms with Gasteiger partial charge in [0.25, 0.3) is 0 Å². The fourth-order valence-electron chi connectivity index (χ4n) is 1.59. The first-order valence-electron chi connectivity index (χ1n) is 5.88. The van der Waals surface area contributed by atoms with Crippen molar-refractivity contribution in [2.24, 2.45) is 0 Å². The fraction of sp³-hybridized carbons (Fsp3) is 0.133. The zero-order chi connectivity index (χ0) is 13.7. The second-order valence-corrected chi connectivity index (χ2v) is 4.67. The molecular formula is C15H13BrO3. The van der Waals surface area contributed by atoms with E-state index in [1.54, 1.807) is 18.2 Å². The Morgan fingerprint density at radius 3 is 2.63 bits per heavy atom. The van der Waals surface area contributed by atoms with Gasteiger partial charge < -0.3 is 9.47 Å². The van der Waals surface area contributed by atoms with Crippen LogP contribution >= 0.6 is 15.9 Å². The van der Waals surface area contributed by atoms with E-state index in [1.165, 1.54) is 0 Å². The van der Waals surface area contributed by atoms with Gasteiger partial charge in [-0.1, -0.05) is 6.07 Å². The van der Waals surface area contributed by atoms with Gasteiger partial charge in [0.2, 0.25) is 0 Å². The number of ether oxygens (including phenoxy) is 2. The maximum Gasteiger partial charge on any atom is 0.150 e. The van der Waals surface area contributed by atoms with Crippen molar-refractivity contribution in [2.45, 2.75) is 6.92 Å². The van der Waals surface area contributed by atoms with Crippen LogP contribution in [-0.4, -0.2) is 12.9 Å². The molecule has 4 heteroatoms. The highest BCUT2D eigenvalue weighted by Crippen LogP contribution is 2.31. The lowest BCUT2D eigenvalue weighted by Crippen LogP contribution is -1.92. The monoisotopic (exact) mass is 320 g/mol. The second-order valence-electron chi connectivity index (χ2n) is 3.82. The summed E-state index contributed by atoms with van der Waals surface area (Å²) in [6.07, 6.45) is 0.796. The second kappa shape index (κ2) is 6.38. The molecule has 19 heavy (non-hydrogen) atoms. The molecule has 2 aromatic rings. The third-order valence-corrected chi connectivity index (χ3v) is 3.06. The van der Waals surface area contributed by atoms with Gasteiger partial charge in [0.15, 0.2) is 0 Å². The van der Waals surface area contributed by atoms with E-state index >= 15 is 0 Å². The highest BCUT2D eigenvalue weighted by atomic mass is 79.9. The number of aldehydes is 1. The minimum Gasteiger partial charge on any atom is -0.494 e. The van der Waals surface area contributed by atoms with Crippen molar-refractivity contribution in [3.8, 4) is 17.2 Å². The topological polar surface area (TPSA) is 35.5 Å². The van der Waals surface area contributed by atoms with Gasteiger partial charge in [-0.2, -0.15) is 0 Å². The molecule has 98 valence electrons. The van der Waals surface area contributed by atoms with Crippen molar-refractivity contribution in [3.05, 3.63) is 52.5 Å². The van der Waals surface area contributed by atoms with Gasteiger partial charge >= 0.3 is 0 Å². The molecule has 0 aliphatic heterocycles. The molecule has 0 saturated heterocycles. The van der Waals surface area contributed by atoms with Crippen molar-refractivity contribution >= 4 is 22.2 Å². The standard InChI is InChI=1S/C15H13BrO3/c1-2-18-12-4-3-5-13(9-12)19-15-7-6-11(10-17)8-14(15)16/h3-10H,2H2,1H3. The first-order chi connectivity index (χ1) is 9.22. The van der Waals surface area contributed by atoms with E-state index in [0.717, 1.165) is 16.5 Å². The Labute approximate surface area is 120 Å². The van der Waals surface area contributed by atoms with Gasteiger partial charge in [-0.25, -0.2) is 0 Å². The van der Waals surface area contributed by atoms with Crippen LogP contribution in [0.2, 0.25) is 0 Å². The smallest absolute Gasteiger partial charge is 0.150 e. The highest BCUT2D eigenvalue weighted by Gasteiger charge is 2.05. The molecule has 0 aliphatic rings. The number of rotatable bonds is 5. The van der Waals surface area contributed by atoms with Crippen LogP contribution in [0.1, 0.15) is 17.3 Å². The lowest BCUT2D eigenvalue weighted by atomic mass is 10.2. The molecule has 2 aromatic carbocycles. The summed E-state index contributed by atoms with van der Waals surface area (Å²) >= 11 is 3.38. The van der Waals surface area contributed by atoms with Crippen molar-refractivity contribution in [1.82, 2.24) is 0 Å². The van der Waals surface area contributed by atoms with Crippen molar-refractivity contribution in [2.75, 3.05) is 6.61 Å². The summed E-state index contributed by atoms with van der Waals surface area (Å²) in [5.41, 5.74) is 0.599. The van der Waals surface area contributed by atoms with Crippen molar-refractivity contribution < 1.29 is 14.3 Å². The minimum absolute atomic E-state index is 0.599. The SMILES string of the molecule is CCOc1cccc(Oc2ccc(C=O)cc2Br)c1. The van der Waals surface area contributed by atoms with Crippen LogP contribution in [0.4, 0.5) is 0 Å². The molecule has 0 atom stereocenters. The Balaban J connectivity index is 2.20. The summed E-state index contributed by atoms with van der Waals surface area (Å²) in [5.74, 6) is 2.10. The van der Waals surface area contributed by atoms with Crippen LogP contribution in [0.15, 0.2) is 46.9 Å². The van der Waals surface area contributed by atoms with Gasteiger partial charge in [-0.05, 0) is 53.2 Å². The van der Waals surface area contributed by atoms with Crippen LogP contribution in [0.3, 0.4) is 0 Å². The molecule has 0 fully saturated rings. The van der Waals surface area contributed by atoms with Gasteiger partial charge in [0, 0.05) is 11.6 Å². The lowest BCUT2D eigenvalue weighted by Gasteiger charge is -2.09. The third-order valence-electron chi connectivity index (χ3n) is 2.44. The molecule has 2 rings (SSSR count). The van der Waals surface area contributed by atoms with Gasteiger partial charge in [0.05, 0.1) is 11.1 Å². The predicted octanol–water partition coefficient (Wildman–Crippen LogP) is 4.45. The van der Waals surface area contributed by atoms with Crippen LogP contribution in [0.5, 0.6) is 17.2 Å². The molecule has 0 N–H and O–H groups in total. The van der Waals surface area contributed by atoms with Crippen LogP contribution < -0.4 is 9.47 Å². The third kappa shape index (κ3) is 3.58. The summed E-state index contributed by atoms with van der Waals surface area (Å²) < 4.78 is 11.9. The highest BCUT2D eigenvalue weighted by molar-refractivity contribution is 9.10. The molecule has 0 unspecified atom stereocenters. The minimum atomic E-state index is 0.599. The van der Waals surface area contributed by atoms with E-state index in [4.69, 9.17) is 9.47 Å². The first-order valence-corrected chi connectivity index (χ1v) is 6.67. The quantitative estimate of drug-likeness (QED) is 0.763. The van der Waals surface area contributed by atoms with Gasteiger partial charge in [0.1, 0.15) is 23.5 Å². The molecule has 0 amide bonds. The predicted molar refractivity (Wildman–Crippen MR) is 77.2 cm³/mol. The van der Waals surface area contributed by atoms with E-state index < -0.39 is 0 Å². The van der Waals surface area contributed by atoms with Crippen LogP contribution in [-0.2, 0) is 0 Å². The molecular weight excluding hydrogens is 308 g/mol. The number of benzene rings is 2. The van der Waals surface area contributed by atoms with Gasteiger partial charge in [-0.3, -0.25) is 4.79 Å². The summed E-state index contributed by atoms with van der Waals surface area (Å²) in [4.78, 5) is 10.7. The summed E-state index contributed by atoms with van der Waals surface area (Å²) in [7, 11) is 0. The van der Waals surface area contributed by atoms with E-state index in [9.17, 15) is 4.79 Å².